The van der Waals surface area contributed by atoms with E-state index in [1.807, 2.05) is 29.8 Å². The zero-order chi connectivity index (χ0) is 20.8. The lowest BCUT2D eigenvalue weighted by Crippen LogP contribution is -2.05. The molecule has 2 aromatic heterocycles. The summed E-state index contributed by atoms with van der Waals surface area (Å²) in [4.78, 5) is 4.59. The van der Waals surface area contributed by atoms with Gasteiger partial charge in [0.05, 0.1) is 6.54 Å². The van der Waals surface area contributed by atoms with Gasteiger partial charge in [0, 0.05) is 18.4 Å². The number of aryl methyl sites for hydroxylation is 1. The van der Waals surface area contributed by atoms with Crippen LogP contribution in [0.1, 0.15) is 43.9 Å². The molecule has 0 radical (unpaired) electrons. The number of hydrogen-bond donors (Lipinski definition) is 1. The summed E-state index contributed by atoms with van der Waals surface area (Å²) in [5.74, 6) is 8.40. The maximum absolute atomic E-state index is 4.65. The van der Waals surface area contributed by atoms with Crippen molar-refractivity contribution in [1.82, 2.24) is 35.4 Å². The van der Waals surface area contributed by atoms with E-state index in [9.17, 15) is 0 Å². The molecule has 150 valence electrons. The van der Waals surface area contributed by atoms with Gasteiger partial charge < -0.3 is 0 Å². The van der Waals surface area contributed by atoms with E-state index in [0.717, 1.165) is 53.2 Å². The Morgan fingerprint density at radius 3 is 2.50 bits per heavy atom. The fourth-order valence-corrected chi connectivity index (χ4v) is 3.26. The van der Waals surface area contributed by atoms with Crippen LogP contribution in [0.3, 0.4) is 0 Å². The van der Waals surface area contributed by atoms with Gasteiger partial charge in [0.2, 0.25) is 11.6 Å². The molecule has 0 saturated heterocycles. The fourth-order valence-electron chi connectivity index (χ4n) is 3.26. The molecule has 0 aliphatic rings. The summed E-state index contributed by atoms with van der Waals surface area (Å²) in [6.45, 7) is 4.80. The predicted octanol–water partition coefficient (Wildman–Crippen LogP) is 3.89. The van der Waals surface area contributed by atoms with Crippen molar-refractivity contribution in [3.63, 3.8) is 0 Å². The van der Waals surface area contributed by atoms with Crippen molar-refractivity contribution < 1.29 is 0 Å². The number of nitrogens with one attached hydrogen (secondary N) is 1. The maximum Gasteiger partial charge on any atom is 0.205 e. The summed E-state index contributed by atoms with van der Waals surface area (Å²) >= 11 is 0. The van der Waals surface area contributed by atoms with Gasteiger partial charge in [0.15, 0.2) is 5.82 Å². The largest absolute Gasteiger partial charge is 0.234 e. The molecular weight excluding hydrogens is 374 g/mol. The molecule has 0 unspecified atom stereocenters. The van der Waals surface area contributed by atoms with E-state index in [1.54, 1.807) is 0 Å². The monoisotopic (exact) mass is 397 g/mol. The van der Waals surface area contributed by atoms with E-state index < -0.39 is 0 Å². The average molecular weight is 397 g/mol. The maximum atomic E-state index is 4.65. The molecular formula is C23H23N7. The molecule has 7 nitrogen and oxygen atoms in total. The summed E-state index contributed by atoms with van der Waals surface area (Å²) in [5, 5.41) is 19.1. The van der Waals surface area contributed by atoms with Gasteiger partial charge in [-0.25, -0.2) is 9.67 Å². The second-order valence-corrected chi connectivity index (χ2v) is 6.89. The van der Waals surface area contributed by atoms with Gasteiger partial charge in [-0.2, -0.15) is 10.3 Å². The molecule has 2 heterocycles. The number of nitrogens with zero attached hydrogens (tertiary/aromatic N) is 6. The molecule has 30 heavy (non-hydrogen) atoms. The Bertz CT molecular complexity index is 1160. The number of benzene rings is 2. The highest BCUT2D eigenvalue weighted by atomic mass is 15.5. The molecule has 0 saturated carbocycles. The minimum atomic E-state index is 0.583. The molecule has 4 rings (SSSR count). The van der Waals surface area contributed by atoms with Crippen molar-refractivity contribution in [1.29, 1.82) is 0 Å². The second kappa shape index (κ2) is 9.14. The lowest BCUT2D eigenvalue weighted by Gasteiger charge is -2.08. The molecule has 0 fully saturated rings. The standard InChI is InChI=1S/C23H23N7/c1-3-5-11-22-24-21(8-4-2)27-30(22)16-17-12-14-18(15-13-17)19-9-6-7-10-20(19)23-25-28-29-26-23/h6-7,9-10,12-15H,3-4,8,16H2,1-2H3,(H,25,26,28,29). The van der Waals surface area contributed by atoms with Gasteiger partial charge in [-0.1, -0.05) is 68.3 Å². The molecule has 0 aliphatic carbocycles. The minimum absolute atomic E-state index is 0.583. The summed E-state index contributed by atoms with van der Waals surface area (Å²) in [6, 6.07) is 16.5. The first-order chi connectivity index (χ1) is 14.8. The fraction of sp³-hybridized carbons (Fsp3) is 0.261. The highest BCUT2D eigenvalue weighted by molar-refractivity contribution is 5.80. The van der Waals surface area contributed by atoms with Crippen molar-refractivity contribution in [2.24, 2.45) is 0 Å². The number of hydrogen-bond acceptors (Lipinski definition) is 5. The second-order valence-electron chi connectivity index (χ2n) is 6.89. The van der Waals surface area contributed by atoms with Crippen LogP contribution in [0.15, 0.2) is 48.5 Å². The predicted molar refractivity (Wildman–Crippen MR) is 115 cm³/mol. The van der Waals surface area contributed by atoms with E-state index in [4.69, 9.17) is 0 Å². The normalized spacial score (nSPS) is 10.6. The molecule has 7 heteroatoms. The Labute approximate surface area is 175 Å². The van der Waals surface area contributed by atoms with Gasteiger partial charge in [-0.05, 0) is 34.2 Å². The van der Waals surface area contributed by atoms with Crippen LogP contribution in [0.4, 0.5) is 0 Å². The van der Waals surface area contributed by atoms with E-state index in [-0.39, 0.29) is 0 Å². The molecule has 1 N–H and O–H groups in total. The summed E-state index contributed by atoms with van der Waals surface area (Å²) in [7, 11) is 0. The zero-order valence-corrected chi connectivity index (χ0v) is 17.1. The Kier molecular flexibility index (Phi) is 5.95. The smallest absolute Gasteiger partial charge is 0.205 e. The SMILES string of the molecule is CCC#Cc1nc(CCC)nn1Cc1ccc(-c2ccccc2-c2nn[nH]n2)cc1. The number of aromatic nitrogens is 7. The van der Waals surface area contributed by atoms with E-state index in [2.05, 4.69) is 79.8 Å². The van der Waals surface area contributed by atoms with Crippen molar-refractivity contribution in [2.45, 2.75) is 39.7 Å². The Balaban J connectivity index is 1.60. The van der Waals surface area contributed by atoms with Crippen LogP contribution in [0.5, 0.6) is 0 Å². The van der Waals surface area contributed by atoms with Crippen molar-refractivity contribution in [2.75, 3.05) is 0 Å². The van der Waals surface area contributed by atoms with Gasteiger partial charge >= 0.3 is 0 Å². The Morgan fingerprint density at radius 2 is 1.80 bits per heavy atom. The number of rotatable bonds is 6. The van der Waals surface area contributed by atoms with Crippen LogP contribution in [-0.4, -0.2) is 35.4 Å². The number of tetrazole rings is 1. The lowest BCUT2D eigenvalue weighted by molar-refractivity contribution is 0.661. The first-order valence-electron chi connectivity index (χ1n) is 10.1. The average Bonchev–Trinajstić information content (AvgIpc) is 3.44. The third-order valence-electron chi connectivity index (χ3n) is 4.68. The number of H-pyrrole nitrogens is 1. The molecule has 4 aromatic rings. The van der Waals surface area contributed by atoms with Crippen LogP contribution in [0.2, 0.25) is 0 Å². The summed E-state index contributed by atoms with van der Waals surface area (Å²) in [5.41, 5.74) is 4.24. The summed E-state index contributed by atoms with van der Waals surface area (Å²) < 4.78 is 1.90. The first-order valence-corrected chi connectivity index (χ1v) is 10.1. The molecule has 0 atom stereocenters. The zero-order valence-electron chi connectivity index (χ0n) is 17.1. The Hall–Kier alpha value is -3.79. The first kappa shape index (κ1) is 19.5. The van der Waals surface area contributed by atoms with Crippen LogP contribution in [0, 0.1) is 11.8 Å². The van der Waals surface area contributed by atoms with Crippen LogP contribution >= 0.6 is 0 Å². The quantitative estimate of drug-likeness (QED) is 0.499. The minimum Gasteiger partial charge on any atom is -0.234 e. The summed E-state index contributed by atoms with van der Waals surface area (Å²) in [6.07, 6.45) is 2.67. The molecule has 2 aromatic carbocycles. The topological polar surface area (TPSA) is 85.2 Å². The van der Waals surface area contributed by atoms with Crippen LogP contribution < -0.4 is 0 Å². The van der Waals surface area contributed by atoms with E-state index in [1.165, 1.54) is 0 Å². The highest BCUT2D eigenvalue weighted by Gasteiger charge is 2.12. The molecule has 0 spiro atoms. The molecule has 0 bridgehead atoms. The Morgan fingerprint density at radius 1 is 1.00 bits per heavy atom. The van der Waals surface area contributed by atoms with Crippen LogP contribution in [-0.2, 0) is 13.0 Å². The third-order valence-corrected chi connectivity index (χ3v) is 4.68. The van der Waals surface area contributed by atoms with Crippen molar-refractivity contribution in [3.05, 3.63) is 65.7 Å². The van der Waals surface area contributed by atoms with Gasteiger partial charge in [-0.15, -0.1) is 10.2 Å². The number of aromatic amines is 1. The third kappa shape index (κ3) is 4.28. The van der Waals surface area contributed by atoms with Crippen molar-refractivity contribution in [3.8, 4) is 34.4 Å². The van der Waals surface area contributed by atoms with Gasteiger partial charge in [0.1, 0.15) is 0 Å². The van der Waals surface area contributed by atoms with Gasteiger partial charge in [0.25, 0.3) is 0 Å². The molecule has 0 aliphatic heterocycles. The molecule has 0 amide bonds. The lowest BCUT2D eigenvalue weighted by atomic mass is 9.98. The van der Waals surface area contributed by atoms with Gasteiger partial charge in [-0.3, -0.25) is 0 Å². The van der Waals surface area contributed by atoms with E-state index >= 15 is 0 Å². The van der Waals surface area contributed by atoms with E-state index in [0.29, 0.717) is 12.4 Å². The van der Waals surface area contributed by atoms with Crippen molar-refractivity contribution >= 4 is 0 Å². The highest BCUT2D eigenvalue weighted by Crippen LogP contribution is 2.29. The van der Waals surface area contributed by atoms with Crippen LogP contribution in [0.25, 0.3) is 22.5 Å².